The lowest BCUT2D eigenvalue weighted by molar-refractivity contribution is -0.130. The fourth-order valence-corrected chi connectivity index (χ4v) is 4.83. The summed E-state index contributed by atoms with van der Waals surface area (Å²) in [7, 11) is 1.65. The molecule has 29 heavy (non-hydrogen) atoms. The standard InChI is InChI=1S/C20H23N7O2/c1-11(28)27-8-13-7-26(19-16-18(23-10-22-16)24-20(21)25-19)9-15(13)17(27)12-3-5-14(29-2)6-4-12/h3-6,10,13,15,17H,7-9H2,1-2H3,(H3,21,22,23,24,25)/t13-,15-,17+/m1/s1. The molecule has 0 spiro atoms. The van der Waals surface area contributed by atoms with Crippen molar-refractivity contribution in [2.75, 3.05) is 37.4 Å². The lowest BCUT2D eigenvalue weighted by atomic mass is 9.89. The minimum atomic E-state index is 0.0323. The number of aromatic amines is 1. The van der Waals surface area contributed by atoms with Gasteiger partial charge in [0.2, 0.25) is 11.9 Å². The molecule has 2 aliphatic rings. The van der Waals surface area contributed by atoms with Gasteiger partial charge < -0.3 is 25.3 Å². The molecule has 2 saturated heterocycles. The highest BCUT2D eigenvalue weighted by atomic mass is 16.5. The smallest absolute Gasteiger partial charge is 0.224 e. The van der Waals surface area contributed by atoms with Crippen LogP contribution in [-0.2, 0) is 4.79 Å². The number of likely N-dealkylation sites (tertiary alicyclic amines) is 1. The molecule has 0 aliphatic carbocycles. The number of aromatic nitrogens is 4. The molecule has 3 aromatic rings. The summed E-state index contributed by atoms with van der Waals surface area (Å²) in [6, 6.07) is 8.05. The lowest BCUT2D eigenvalue weighted by Gasteiger charge is -2.29. The van der Waals surface area contributed by atoms with E-state index in [2.05, 4.69) is 37.0 Å². The first kappa shape index (κ1) is 17.7. The van der Waals surface area contributed by atoms with E-state index in [0.29, 0.717) is 17.5 Å². The number of anilines is 2. The van der Waals surface area contributed by atoms with Gasteiger partial charge in [0.25, 0.3) is 0 Å². The van der Waals surface area contributed by atoms with Gasteiger partial charge in [-0.05, 0) is 17.7 Å². The molecule has 2 aliphatic heterocycles. The first-order chi connectivity index (χ1) is 14.0. The summed E-state index contributed by atoms with van der Waals surface area (Å²) >= 11 is 0. The maximum absolute atomic E-state index is 12.4. The number of hydrogen-bond acceptors (Lipinski definition) is 7. The zero-order valence-electron chi connectivity index (χ0n) is 16.4. The third kappa shape index (κ3) is 2.84. The van der Waals surface area contributed by atoms with Crippen LogP contribution in [0.4, 0.5) is 11.8 Å². The van der Waals surface area contributed by atoms with Crippen molar-refractivity contribution in [2.24, 2.45) is 11.8 Å². The molecule has 0 unspecified atom stereocenters. The Kier molecular flexibility index (Phi) is 4.04. The molecule has 1 aromatic carbocycles. The van der Waals surface area contributed by atoms with E-state index < -0.39 is 0 Å². The Bertz CT molecular complexity index is 1060. The Morgan fingerprint density at radius 2 is 2.00 bits per heavy atom. The largest absolute Gasteiger partial charge is 0.497 e. The third-order valence-electron chi connectivity index (χ3n) is 6.11. The number of rotatable bonds is 3. The number of carbonyl (C=O) groups is 1. The quantitative estimate of drug-likeness (QED) is 0.695. The highest BCUT2D eigenvalue weighted by Gasteiger charge is 2.49. The van der Waals surface area contributed by atoms with Gasteiger partial charge in [-0.1, -0.05) is 12.1 Å². The van der Waals surface area contributed by atoms with E-state index in [9.17, 15) is 4.79 Å². The predicted octanol–water partition coefficient (Wildman–Crippen LogP) is 1.60. The van der Waals surface area contributed by atoms with E-state index in [4.69, 9.17) is 10.5 Å². The van der Waals surface area contributed by atoms with Gasteiger partial charge in [0.1, 0.15) is 11.3 Å². The van der Waals surface area contributed by atoms with Crippen molar-refractivity contribution in [1.82, 2.24) is 24.8 Å². The number of imidazole rings is 1. The number of nitrogen functional groups attached to an aromatic ring is 1. The summed E-state index contributed by atoms with van der Waals surface area (Å²) in [4.78, 5) is 32.6. The molecule has 3 atom stereocenters. The van der Waals surface area contributed by atoms with E-state index in [1.807, 2.05) is 17.0 Å². The number of amides is 1. The van der Waals surface area contributed by atoms with Crippen molar-refractivity contribution in [3.05, 3.63) is 36.2 Å². The van der Waals surface area contributed by atoms with Gasteiger partial charge in [0, 0.05) is 38.4 Å². The van der Waals surface area contributed by atoms with Crippen LogP contribution >= 0.6 is 0 Å². The van der Waals surface area contributed by atoms with E-state index in [0.717, 1.165) is 42.3 Å². The molecule has 3 N–H and O–H groups in total. The van der Waals surface area contributed by atoms with Gasteiger partial charge in [-0.2, -0.15) is 9.97 Å². The molecule has 9 heteroatoms. The van der Waals surface area contributed by atoms with Crippen molar-refractivity contribution in [1.29, 1.82) is 0 Å². The molecule has 9 nitrogen and oxygen atoms in total. The average molecular weight is 393 g/mol. The van der Waals surface area contributed by atoms with E-state index in [1.165, 1.54) is 0 Å². The molecule has 150 valence electrons. The van der Waals surface area contributed by atoms with Crippen LogP contribution in [0, 0.1) is 11.8 Å². The molecule has 2 aromatic heterocycles. The molecular weight excluding hydrogens is 370 g/mol. The fourth-order valence-electron chi connectivity index (χ4n) is 4.83. The second-order valence-corrected chi connectivity index (χ2v) is 7.72. The number of hydrogen-bond donors (Lipinski definition) is 2. The highest BCUT2D eigenvalue weighted by molar-refractivity contribution is 5.84. The van der Waals surface area contributed by atoms with Gasteiger partial charge in [-0.15, -0.1) is 0 Å². The number of nitrogens with two attached hydrogens (primary N) is 1. The molecular formula is C20H23N7O2. The summed E-state index contributed by atoms with van der Waals surface area (Å²) in [5.41, 5.74) is 8.40. The fraction of sp³-hybridized carbons (Fsp3) is 0.400. The van der Waals surface area contributed by atoms with Crippen LogP contribution in [0.5, 0.6) is 5.75 Å². The van der Waals surface area contributed by atoms with E-state index in [1.54, 1.807) is 20.4 Å². The van der Waals surface area contributed by atoms with Crippen LogP contribution in [0.25, 0.3) is 11.2 Å². The Hall–Kier alpha value is -3.36. The maximum atomic E-state index is 12.4. The van der Waals surface area contributed by atoms with Gasteiger partial charge in [-0.3, -0.25) is 4.79 Å². The van der Waals surface area contributed by atoms with Gasteiger partial charge in [0.05, 0.1) is 19.5 Å². The third-order valence-corrected chi connectivity index (χ3v) is 6.11. The molecule has 2 fully saturated rings. The second-order valence-electron chi connectivity index (χ2n) is 7.72. The van der Waals surface area contributed by atoms with E-state index >= 15 is 0 Å². The molecule has 0 bridgehead atoms. The summed E-state index contributed by atoms with van der Waals surface area (Å²) < 4.78 is 5.29. The second kappa shape index (κ2) is 6.61. The summed E-state index contributed by atoms with van der Waals surface area (Å²) in [5, 5.41) is 0. The number of methoxy groups -OCH3 is 1. The van der Waals surface area contributed by atoms with Crippen molar-refractivity contribution < 1.29 is 9.53 Å². The molecule has 5 rings (SSSR count). The summed E-state index contributed by atoms with van der Waals surface area (Å²) in [6.45, 7) is 3.98. The predicted molar refractivity (Wildman–Crippen MR) is 108 cm³/mol. The minimum Gasteiger partial charge on any atom is -0.497 e. The van der Waals surface area contributed by atoms with Crippen LogP contribution < -0.4 is 15.4 Å². The van der Waals surface area contributed by atoms with Gasteiger partial charge in [-0.25, -0.2) is 4.98 Å². The zero-order chi connectivity index (χ0) is 20.1. The minimum absolute atomic E-state index is 0.0323. The van der Waals surface area contributed by atoms with E-state index in [-0.39, 0.29) is 17.9 Å². The number of fused-ring (bicyclic) bond motifs is 2. The summed E-state index contributed by atoms with van der Waals surface area (Å²) in [6.07, 6.45) is 1.61. The monoisotopic (exact) mass is 393 g/mol. The number of benzene rings is 1. The number of H-pyrrole nitrogens is 1. The van der Waals surface area contributed by atoms with Crippen molar-refractivity contribution in [3.63, 3.8) is 0 Å². The molecule has 1 amide bonds. The Morgan fingerprint density at radius 3 is 2.72 bits per heavy atom. The normalized spacial score (nSPS) is 23.6. The molecule has 0 saturated carbocycles. The molecule has 0 radical (unpaired) electrons. The highest BCUT2D eigenvalue weighted by Crippen LogP contribution is 2.46. The first-order valence-corrected chi connectivity index (χ1v) is 9.68. The van der Waals surface area contributed by atoms with Gasteiger partial charge >= 0.3 is 0 Å². The number of carbonyl (C=O) groups excluding carboxylic acids is 1. The van der Waals surface area contributed by atoms with Crippen molar-refractivity contribution in [2.45, 2.75) is 13.0 Å². The van der Waals surface area contributed by atoms with Gasteiger partial charge in [0.15, 0.2) is 11.5 Å². The summed E-state index contributed by atoms with van der Waals surface area (Å²) in [5.74, 6) is 2.58. The number of nitrogens with one attached hydrogen (secondary N) is 1. The van der Waals surface area contributed by atoms with Crippen molar-refractivity contribution >= 4 is 28.8 Å². The SMILES string of the molecule is COc1ccc([C@H]2[C@@H]3CN(c4nc(N)nc5nc[nH]c45)C[C@@H]3CN2C(C)=O)cc1. The molecule has 4 heterocycles. The van der Waals surface area contributed by atoms with Crippen LogP contribution in [0.3, 0.4) is 0 Å². The zero-order valence-corrected chi connectivity index (χ0v) is 16.4. The average Bonchev–Trinajstić information content (AvgIpc) is 3.41. The lowest BCUT2D eigenvalue weighted by Crippen LogP contribution is -2.34. The topological polar surface area (TPSA) is 113 Å². The van der Waals surface area contributed by atoms with Crippen LogP contribution in [-0.4, -0.2) is 57.5 Å². The van der Waals surface area contributed by atoms with Crippen LogP contribution in [0.1, 0.15) is 18.5 Å². The first-order valence-electron chi connectivity index (χ1n) is 9.68. The number of ether oxygens (including phenoxy) is 1. The Labute approximate surface area is 167 Å². The Morgan fingerprint density at radius 1 is 1.21 bits per heavy atom. The Balaban J connectivity index is 1.49. The maximum Gasteiger partial charge on any atom is 0.224 e. The van der Waals surface area contributed by atoms with Crippen LogP contribution in [0.15, 0.2) is 30.6 Å². The number of nitrogens with zero attached hydrogens (tertiary/aromatic N) is 5. The van der Waals surface area contributed by atoms with Crippen LogP contribution in [0.2, 0.25) is 0 Å². The van der Waals surface area contributed by atoms with Crippen molar-refractivity contribution in [3.8, 4) is 5.75 Å².